The molecule has 1 aromatic carbocycles. The zero-order valence-corrected chi connectivity index (χ0v) is 11.0. The van der Waals surface area contributed by atoms with E-state index in [4.69, 9.17) is 15.2 Å². The third kappa shape index (κ3) is 2.44. The molecule has 2 rings (SSSR count). The van der Waals surface area contributed by atoms with Crippen molar-refractivity contribution in [3.05, 3.63) is 23.3 Å². The first-order valence-corrected chi connectivity index (χ1v) is 6.44. The fourth-order valence-corrected chi connectivity index (χ4v) is 2.29. The molecule has 0 saturated heterocycles. The summed E-state index contributed by atoms with van der Waals surface area (Å²) in [6, 6.07) is 3.45. The predicted octanol–water partition coefficient (Wildman–Crippen LogP) is 1.96. The van der Waals surface area contributed by atoms with E-state index in [1.165, 1.54) is 0 Å². The van der Waals surface area contributed by atoms with E-state index in [1.807, 2.05) is 12.1 Å². The van der Waals surface area contributed by atoms with E-state index >= 15 is 0 Å². The number of fused-ring (bicyclic) bond motifs is 1. The van der Waals surface area contributed by atoms with E-state index in [0.29, 0.717) is 13.2 Å². The zero-order chi connectivity index (χ0) is 13.1. The number of aliphatic hydroxyl groups excluding tert-OH is 1. The van der Waals surface area contributed by atoms with Crippen molar-refractivity contribution in [3.8, 4) is 11.5 Å². The molecule has 18 heavy (non-hydrogen) atoms. The average Bonchev–Trinajstić information content (AvgIpc) is 2.61. The van der Waals surface area contributed by atoms with Gasteiger partial charge in [0.25, 0.3) is 0 Å². The fourth-order valence-electron chi connectivity index (χ4n) is 2.29. The van der Waals surface area contributed by atoms with Gasteiger partial charge in [-0.3, -0.25) is 0 Å². The molecule has 0 fully saturated rings. The molecule has 0 radical (unpaired) electrons. The van der Waals surface area contributed by atoms with Crippen LogP contribution in [0.4, 0.5) is 0 Å². The van der Waals surface area contributed by atoms with Crippen molar-refractivity contribution in [1.82, 2.24) is 0 Å². The highest BCUT2D eigenvalue weighted by Crippen LogP contribution is 2.41. The van der Waals surface area contributed by atoms with Crippen molar-refractivity contribution in [2.24, 2.45) is 5.73 Å². The van der Waals surface area contributed by atoms with Crippen LogP contribution in [0.15, 0.2) is 12.1 Å². The molecule has 1 aromatic rings. The molecule has 1 atom stereocenters. The Labute approximate surface area is 108 Å². The van der Waals surface area contributed by atoms with Crippen molar-refractivity contribution >= 4 is 0 Å². The third-order valence-corrected chi connectivity index (χ3v) is 3.16. The Morgan fingerprint density at radius 2 is 2.00 bits per heavy atom. The Bertz CT molecular complexity index is 418. The Balaban J connectivity index is 2.53. The molecule has 3 N–H and O–H groups in total. The Morgan fingerprint density at radius 3 is 2.67 bits per heavy atom. The summed E-state index contributed by atoms with van der Waals surface area (Å²) < 4.78 is 11.5. The fraction of sp³-hybridized carbons (Fsp3) is 0.571. The first-order valence-electron chi connectivity index (χ1n) is 6.44. The van der Waals surface area contributed by atoms with Gasteiger partial charge in [0.2, 0.25) is 0 Å². The molecule has 1 unspecified atom stereocenters. The number of benzene rings is 1. The highest BCUT2D eigenvalue weighted by atomic mass is 16.5. The van der Waals surface area contributed by atoms with Crippen LogP contribution in [0.25, 0.3) is 0 Å². The highest BCUT2D eigenvalue weighted by Gasteiger charge is 2.22. The SMILES string of the molecule is CC(C)c1c(C(N)CO)ccc2c1OCCCO2. The lowest BCUT2D eigenvalue weighted by molar-refractivity contribution is 0.266. The van der Waals surface area contributed by atoms with E-state index < -0.39 is 0 Å². The second-order valence-corrected chi connectivity index (χ2v) is 4.89. The van der Waals surface area contributed by atoms with Crippen LogP contribution in [-0.2, 0) is 0 Å². The van der Waals surface area contributed by atoms with Gasteiger partial charge in [-0.1, -0.05) is 19.9 Å². The van der Waals surface area contributed by atoms with Gasteiger partial charge in [-0.2, -0.15) is 0 Å². The molecule has 0 saturated carbocycles. The lowest BCUT2D eigenvalue weighted by atomic mass is 9.92. The zero-order valence-electron chi connectivity index (χ0n) is 11.0. The normalized spacial score (nSPS) is 16.5. The summed E-state index contributed by atoms with van der Waals surface area (Å²) >= 11 is 0. The van der Waals surface area contributed by atoms with Crippen LogP contribution in [0.1, 0.15) is 43.4 Å². The number of hydrogen-bond acceptors (Lipinski definition) is 4. The smallest absolute Gasteiger partial charge is 0.164 e. The van der Waals surface area contributed by atoms with Crippen molar-refractivity contribution < 1.29 is 14.6 Å². The summed E-state index contributed by atoms with van der Waals surface area (Å²) in [6.45, 7) is 5.45. The van der Waals surface area contributed by atoms with E-state index in [-0.39, 0.29) is 18.6 Å². The predicted molar refractivity (Wildman–Crippen MR) is 70.2 cm³/mol. The number of aliphatic hydroxyl groups is 1. The van der Waals surface area contributed by atoms with Gasteiger partial charge >= 0.3 is 0 Å². The number of rotatable bonds is 3. The van der Waals surface area contributed by atoms with E-state index in [9.17, 15) is 5.11 Å². The minimum Gasteiger partial charge on any atom is -0.490 e. The van der Waals surface area contributed by atoms with Crippen LogP contribution in [0.2, 0.25) is 0 Å². The maximum Gasteiger partial charge on any atom is 0.164 e. The van der Waals surface area contributed by atoms with Gasteiger partial charge in [0.05, 0.1) is 25.9 Å². The number of hydrogen-bond donors (Lipinski definition) is 2. The summed E-state index contributed by atoms with van der Waals surface area (Å²) in [5.41, 5.74) is 7.95. The van der Waals surface area contributed by atoms with E-state index in [1.54, 1.807) is 0 Å². The van der Waals surface area contributed by atoms with E-state index in [2.05, 4.69) is 13.8 Å². The molecule has 0 bridgehead atoms. The Morgan fingerprint density at radius 1 is 1.28 bits per heavy atom. The minimum absolute atomic E-state index is 0.0701. The molecule has 0 amide bonds. The molecular weight excluding hydrogens is 230 g/mol. The summed E-state index contributed by atoms with van der Waals surface area (Å²) in [6.07, 6.45) is 0.883. The van der Waals surface area contributed by atoms with Crippen molar-refractivity contribution in [1.29, 1.82) is 0 Å². The maximum absolute atomic E-state index is 9.26. The molecular formula is C14H21NO3. The van der Waals surface area contributed by atoms with Gasteiger partial charge in [0.15, 0.2) is 11.5 Å². The van der Waals surface area contributed by atoms with Gasteiger partial charge < -0.3 is 20.3 Å². The molecule has 0 aromatic heterocycles. The van der Waals surface area contributed by atoms with Crippen LogP contribution in [0.5, 0.6) is 11.5 Å². The van der Waals surface area contributed by atoms with Crippen LogP contribution >= 0.6 is 0 Å². The maximum atomic E-state index is 9.26. The Kier molecular flexibility index (Phi) is 4.09. The largest absolute Gasteiger partial charge is 0.490 e. The summed E-state index contributed by atoms with van der Waals surface area (Å²) in [4.78, 5) is 0. The quantitative estimate of drug-likeness (QED) is 0.862. The standard InChI is InChI=1S/C14H21NO3/c1-9(2)13-10(11(15)8-16)4-5-12-14(13)18-7-3-6-17-12/h4-5,9,11,16H,3,6-8,15H2,1-2H3. The molecule has 1 heterocycles. The lowest BCUT2D eigenvalue weighted by Gasteiger charge is -2.22. The number of nitrogens with two attached hydrogens (primary N) is 1. The van der Waals surface area contributed by atoms with Crippen molar-refractivity contribution in [3.63, 3.8) is 0 Å². The average molecular weight is 251 g/mol. The molecule has 4 heteroatoms. The van der Waals surface area contributed by atoms with Gasteiger partial charge in [-0.05, 0) is 17.5 Å². The minimum atomic E-state index is -0.375. The van der Waals surface area contributed by atoms with Crippen LogP contribution in [0, 0.1) is 0 Å². The second-order valence-electron chi connectivity index (χ2n) is 4.89. The van der Waals surface area contributed by atoms with Crippen LogP contribution < -0.4 is 15.2 Å². The van der Waals surface area contributed by atoms with Crippen molar-refractivity contribution in [2.45, 2.75) is 32.2 Å². The van der Waals surface area contributed by atoms with Gasteiger partial charge in [0, 0.05) is 12.0 Å². The molecule has 4 nitrogen and oxygen atoms in total. The summed E-state index contributed by atoms with van der Waals surface area (Å²) in [7, 11) is 0. The second kappa shape index (κ2) is 5.59. The third-order valence-electron chi connectivity index (χ3n) is 3.16. The van der Waals surface area contributed by atoms with Gasteiger partial charge in [0.1, 0.15) is 0 Å². The summed E-state index contributed by atoms with van der Waals surface area (Å²) in [5.74, 6) is 1.85. The first-order chi connectivity index (χ1) is 8.65. The molecule has 0 aliphatic carbocycles. The van der Waals surface area contributed by atoms with Crippen LogP contribution in [0.3, 0.4) is 0 Å². The summed E-state index contributed by atoms with van der Waals surface area (Å²) in [5, 5.41) is 9.26. The first kappa shape index (κ1) is 13.2. The monoisotopic (exact) mass is 251 g/mol. The van der Waals surface area contributed by atoms with Gasteiger partial charge in [-0.15, -0.1) is 0 Å². The lowest BCUT2D eigenvalue weighted by Crippen LogP contribution is -2.17. The molecule has 1 aliphatic rings. The van der Waals surface area contributed by atoms with Crippen molar-refractivity contribution in [2.75, 3.05) is 19.8 Å². The molecule has 100 valence electrons. The van der Waals surface area contributed by atoms with E-state index in [0.717, 1.165) is 29.0 Å². The topological polar surface area (TPSA) is 64.7 Å². The highest BCUT2D eigenvalue weighted by molar-refractivity contribution is 5.53. The van der Waals surface area contributed by atoms with Gasteiger partial charge in [-0.25, -0.2) is 0 Å². The number of ether oxygens (including phenoxy) is 2. The van der Waals surface area contributed by atoms with Crippen LogP contribution in [-0.4, -0.2) is 24.9 Å². The Hall–Kier alpha value is -1.26. The molecule has 1 aliphatic heterocycles. The molecule has 0 spiro atoms.